The number of hydrogen-bond donors (Lipinski definition) is 0. The first-order chi connectivity index (χ1) is 11.6. The molecule has 4 heteroatoms. The fraction of sp³-hybridized carbons (Fsp3) is 0.500. The van der Waals surface area contributed by atoms with Crippen molar-refractivity contribution in [3.05, 3.63) is 42.7 Å². The lowest BCUT2D eigenvalue weighted by molar-refractivity contribution is -0.133. The molecule has 0 aliphatic carbocycles. The maximum atomic E-state index is 12.2. The van der Waals surface area contributed by atoms with Crippen LogP contribution in [0.15, 0.2) is 42.7 Å². The summed E-state index contributed by atoms with van der Waals surface area (Å²) >= 11 is 0. The van der Waals surface area contributed by atoms with Gasteiger partial charge in [0.15, 0.2) is 0 Å². The number of hydrogen-bond acceptors (Lipinski definition) is 2. The third kappa shape index (κ3) is 4.05. The summed E-state index contributed by atoms with van der Waals surface area (Å²) in [6, 6.07) is 10.3. The van der Waals surface area contributed by atoms with Gasteiger partial charge in [0, 0.05) is 44.0 Å². The number of carbonyl (C=O) groups is 1. The number of aromatic nitrogens is 2. The number of piperidine rings is 1. The fourth-order valence-corrected chi connectivity index (χ4v) is 3.43. The van der Waals surface area contributed by atoms with Crippen molar-refractivity contribution in [1.29, 1.82) is 0 Å². The minimum absolute atomic E-state index is 0.316. The van der Waals surface area contributed by atoms with E-state index in [9.17, 15) is 4.79 Å². The van der Waals surface area contributed by atoms with Crippen molar-refractivity contribution in [2.75, 3.05) is 13.1 Å². The Bertz CT molecular complexity index is 655. The van der Waals surface area contributed by atoms with Gasteiger partial charge in [-0.3, -0.25) is 4.79 Å². The lowest BCUT2D eigenvalue weighted by Gasteiger charge is -2.32. The van der Waals surface area contributed by atoms with Gasteiger partial charge in [-0.05, 0) is 24.7 Å². The van der Waals surface area contributed by atoms with Gasteiger partial charge in [0.25, 0.3) is 0 Å². The summed E-state index contributed by atoms with van der Waals surface area (Å²) in [5.41, 5.74) is 1.16. The van der Waals surface area contributed by atoms with Crippen molar-refractivity contribution in [3.8, 4) is 11.4 Å². The second kappa shape index (κ2) is 7.65. The Kier molecular flexibility index (Phi) is 5.34. The van der Waals surface area contributed by atoms with Crippen LogP contribution in [0.5, 0.6) is 0 Å². The van der Waals surface area contributed by atoms with Gasteiger partial charge in [0.2, 0.25) is 5.91 Å². The highest BCUT2D eigenvalue weighted by atomic mass is 16.2. The topological polar surface area (TPSA) is 38.1 Å². The SMILES string of the molecule is CC(C)CC(=O)N1CCC(Cn2ccnc2-c2ccccc2)CC1. The second-order valence-corrected chi connectivity index (χ2v) is 7.19. The van der Waals surface area contributed by atoms with Crippen LogP contribution in [0.4, 0.5) is 0 Å². The number of imidazole rings is 1. The Hall–Kier alpha value is -2.10. The molecule has 0 N–H and O–H groups in total. The van der Waals surface area contributed by atoms with Crippen LogP contribution >= 0.6 is 0 Å². The Morgan fingerprint density at radius 3 is 2.58 bits per heavy atom. The highest BCUT2D eigenvalue weighted by Crippen LogP contribution is 2.24. The Labute approximate surface area is 144 Å². The van der Waals surface area contributed by atoms with E-state index in [1.165, 1.54) is 0 Å². The van der Waals surface area contributed by atoms with Crippen molar-refractivity contribution >= 4 is 5.91 Å². The monoisotopic (exact) mass is 325 g/mol. The van der Waals surface area contributed by atoms with Crippen LogP contribution in [0.25, 0.3) is 11.4 Å². The molecule has 2 heterocycles. The van der Waals surface area contributed by atoms with E-state index in [0.29, 0.717) is 24.2 Å². The van der Waals surface area contributed by atoms with Crippen LogP contribution < -0.4 is 0 Å². The van der Waals surface area contributed by atoms with Gasteiger partial charge in [-0.15, -0.1) is 0 Å². The van der Waals surface area contributed by atoms with Gasteiger partial charge in [-0.1, -0.05) is 44.2 Å². The fourth-order valence-electron chi connectivity index (χ4n) is 3.43. The first-order valence-corrected chi connectivity index (χ1v) is 8.98. The summed E-state index contributed by atoms with van der Waals surface area (Å²) in [4.78, 5) is 18.8. The third-order valence-corrected chi connectivity index (χ3v) is 4.75. The number of carbonyl (C=O) groups excluding carboxylic acids is 1. The van der Waals surface area contributed by atoms with Crippen LogP contribution in [0.3, 0.4) is 0 Å². The Balaban J connectivity index is 1.58. The summed E-state index contributed by atoms with van der Waals surface area (Å²) in [7, 11) is 0. The van der Waals surface area contributed by atoms with Crippen LogP contribution in [0, 0.1) is 11.8 Å². The number of likely N-dealkylation sites (tertiary alicyclic amines) is 1. The van der Waals surface area contributed by atoms with Gasteiger partial charge in [-0.25, -0.2) is 4.98 Å². The Morgan fingerprint density at radius 1 is 1.21 bits per heavy atom. The van der Waals surface area contributed by atoms with Crippen molar-refractivity contribution in [1.82, 2.24) is 14.5 Å². The summed E-state index contributed by atoms with van der Waals surface area (Å²) in [5.74, 6) is 2.41. The highest BCUT2D eigenvalue weighted by Gasteiger charge is 2.23. The van der Waals surface area contributed by atoms with Gasteiger partial charge in [0.05, 0.1) is 0 Å². The summed E-state index contributed by atoms with van der Waals surface area (Å²) in [5, 5.41) is 0. The molecule has 24 heavy (non-hydrogen) atoms. The van der Waals surface area contributed by atoms with Crippen molar-refractivity contribution < 1.29 is 4.79 Å². The molecule has 3 rings (SSSR count). The molecule has 1 aliphatic heterocycles. The highest BCUT2D eigenvalue weighted by molar-refractivity contribution is 5.76. The molecule has 4 nitrogen and oxygen atoms in total. The number of rotatable bonds is 5. The van der Waals surface area contributed by atoms with E-state index >= 15 is 0 Å². The summed E-state index contributed by atoms with van der Waals surface area (Å²) in [6.45, 7) is 6.98. The third-order valence-electron chi connectivity index (χ3n) is 4.75. The maximum Gasteiger partial charge on any atom is 0.222 e. The average Bonchev–Trinajstić information content (AvgIpc) is 3.04. The van der Waals surface area contributed by atoms with E-state index in [-0.39, 0.29) is 0 Å². The normalized spacial score (nSPS) is 15.9. The minimum Gasteiger partial charge on any atom is -0.343 e. The smallest absolute Gasteiger partial charge is 0.222 e. The van der Waals surface area contributed by atoms with Crippen LogP contribution in [0.2, 0.25) is 0 Å². The molecule has 1 fully saturated rings. The zero-order valence-electron chi connectivity index (χ0n) is 14.7. The summed E-state index contributed by atoms with van der Waals surface area (Å²) in [6.07, 6.45) is 6.78. The minimum atomic E-state index is 0.316. The quantitative estimate of drug-likeness (QED) is 0.838. The van der Waals surface area contributed by atoms with Crippen LogP contribution in [0.1, 0.15) is 33.1 Å². The molecule has 0 spiro atoms. The molecule has 1 amide bonds. The maximum absolute atomic E-state index is 12.2. The zero-order valence-corrected chi connectivity index (χ0v) is 14.7. The molecule has 0 unspecified atom stereocenters. The molecular formula is C20H27N3O. The lowest BCUT2D eigenvalue weighted by Crippen LogP contribution is -2.39. The molecule has 1 aliphatic rings. The van der Waals surface area contributed by atoms with Gasteiger partial charge >= 0.3 is 0 Å². The predicted octanol–water partition coefficient (Wildman–Crippen LogP) is 3.83. The standard InChI is InChI=1S/C20H27N3O/c1-16(2)14-19(24)22-11-8-17(9-12-22)15-23-13-10-21-20(23)18-6-4-3-5-7-18/h3-7,10,13,16-17H,8-9,11-12,14-15H2,1-2H3. The number of benzene rings is 1. The van der Waals surface area contributed by atoms with Gasteiger partial charge < -0.3 is 9.47 Å². The van der Waals surface area contributed by atoms with Crippen LogP contribution in [-0.2, 0) is 11.3 Å². The van der Waals surface area contributed by atoms with E-state index < -0.39 is 0 Å². The molecule has 0 bridgehead atoms. The molecule has 0 radical (unpaired) electrons. The van der Waals surface area contributed by atoms with E-state index in [1.807, 2.05) is 29.3 Å². The average molecular weight is 325 g/mol. The molecule has 0 saturated carbocycles. The molecule has 128 valence electrons. The first kappa shape index (κ1) is 16.7. The van der Waals surface area contributed by atoms with E-state index in [1.54, 1.807) is 0 Å². The zero-order chi connectivity index (χ0) is 16.9. The first-order valence-electron chi connectivity index (χ1n) is 8.98. The number of nitrogens with zero attached hydrogens (tertiary/aromatic N) is 3. The van der Waals surface area contributed by atoms with Gasteiger partial charge in [-0.2, -0.15) is 0 Å². The van der Waals surface area contributed by atoms with Crippen molar-refractivity contribution in [2.24, 2.45) is 11.8 Å². The molecule has 1 saturated heterocycles. The van der Waals surface area contributed by atoms with Gasteiger partial charge in [0.1, 0.15) is 5.82 Å². The largest absolute Gasteiger partial charge is 0.343 e. The van der Waals surface area contributed by atoms with Crippen molar-refractivity contribution in [3.63, 3.8) is 0 Å². The molecular weight excluding hydrogens is 298 g/mol. The molecule has 2 aromatic rings. The van der Waals surface area contributed by atoms with E-state index in [4.69, 9.17) is 0 Å². The lowest BCUT2D eigenvalue weighted by atomic mass is 9.96. The second-order valence-electron chi connectivity index (χ2n) is 7.19. The van der Waals surface area contributed by atoms with E-state index in [0.717, 1.165) is 43.9 Å². The van der Waals surface area contributed by atoms with Crippen molar-refractivity contribution in [2.45, 2.75) is 39.7 Å². The van der Waals surface area contributed by atoms with Crippen LogP contribution in [-0.4, -0.2) is 33.4 Å². The molecule has 1 aromatic heterocycles. The predicted molar refractivity (Wildman–Crippen MR) is 96.4 cm³/mol. The van der Waals surface area contributed by atoms with E-state index in [2.05, 4.69) is 41.7 Å². The Morgan fingerprint density at radius 2 is 1.92 bits per heavy atom. The molecule has 0 atom stereocenters. The summed E-state index contributed by atoms with van der Waals surface area (Å²) < 4.78 is 2.26. The molecule has 1 aromatic carbocycles. The number of amides is 1.